The van der Waals surface area contributed by atoms with Crippen LogP contribution in [0.15, 0.2) is 42.5 Å². The second kappa shape index (κ2) is 9.71. The van der Waals surface area contributed by atoms with E-state index in [9.17, 15) is 4.79 Å². The normalized spacial score (nSPS) is 15.2. The third kappa shape index (κ3) is 5.67. The fourth-order valence-electron chi connectivity index (χ4n) is 3.61. The third-order valence-corrected chi connectivity index (χ3v) is 5.79. The molecule has 0 aliphatic carbocycles. The molecule has 1 N–H and O–H groups in total. The number of piperazine rings is 1. The Labute approximate surface area is 185 Å². The molecule has 0 unspecified atom stereocenters. The SMILES string of the molecule is CCN1CCN(c2c(Cl)cccc2NC(=O)COc2ccc(C(C)(C)C)cc2)CC1. The van der Waals surface area contributed by atoms with Gasteiger partial charge >= 0.3 is 0 Å². The quantitative estimate of drug-likeness (QED) is 0.716. The molecule has 5 nitrogen and oxygen atoms in total. The number of carbonyl (C=O) groups is 1. The van der Waals surface area contributed by atoms with E-state index in [1.54, 1.807) is 0 Å². The minimum absolute atomic E-state index is 0.0512. The fourth-order valence-corrected chi connectivity index (χ4v) is 3.91. The van der Waals surface area contributed by atoms with Crippen molar-refractivity contribution in [1.29, 1.82) is 0 Å². The number of amides is 1. The molecule has 3 rings (SSSR count). The first-order valence-electron chi connectivity index (χ1n) is 10.6. The van der Waals surface area contributed by atoms with Gasteiger partial charge in [0.2, 0.25) is 0 Å². The summed E-state index contributed by atoms with van der Waals surface area (Å²) in [6, 6.07) is 13.5. The van der Waals surface area contributed by atoms with E-state index < -0.39 is 0 Å². The highest BCUT2D eigenvalue weighted by atomic mass is 35.5. The molecule has 1 aliphatic rings. The molecule has 30 heavy (non-hydrogen) atoms. The zero-order valence-corrected chi connectivity index (χ0v) is 19.1. The van der Waals surface area contributed by atoms with Crippen LogP contribution >= 0.6 is 11.6 Å². The molecule has 0 radical (unpaired) electrons. The van der Waals surface area contributed by atoms with Gasteiger partial charge in [0.1, 0.15) is 5.75 Å². The number of hydrogen-bond donors (Lipinski definition) is 1. The molecular formula is C24H32ClN3O2. The number of halogens is 1. The van der Waals surface area contributed by atoms with Gasteiger partial charge in [-0.15, -0.1) is 0 Å². The van der Waals surface area contributed by atoms with Gasteiger partial charge in [-0.05, 0) is 41.8 Å². The van der Waals surface area contributed by atoms with Crippen molar-refractivity contribution < 1.29 is 9.53 Å². The molecule has 1 fully saturated rings. The summed E-state index contributed by atoms with van der Waals surface area (Å²) in [5.41, 5.74) is 2.93. The molecule has 0 bridgehead atoms. The Balaban J connectivity index is 1.62. The summed E-state index contributed by atoms with van der Waals surface area (Å²) < 4.78 is 5.69. The van der Waals surface area contributed by atoms with Crippen LogP contribution in [0.3, 0.4) is 0 Å². The molecule has 0 saturated carbocycles. The average molecular weight is 430 g/mol. The van der Waals surface area contributed by atoms with Crippen molar-refractivity contribution in [3.05, 3.63) is 53.1 Å². The smallest absolute Gasteiger partial charge is 0.262 e. The van der Waals surface area contributed by atoms with Crippen LogP contribution in [0.5, 0.6) is 5.75 Å². The van der Waals surface area contributed by atoms with E-state index in [-0.39, 0.29) is 17.9 Å². The Hall–Kier alpha value is -2.24. The molecule has 1 amide bonds. The summed E-state index contributed by atoms with van der Waals surface area (Å²) in [6.07, 6.45) is 0. The maximum absolute atomic E-state index is 12.6. The number of hydrogen-bond acceptors (Lipinski definition) is 4. The first-order chi connectivity index (χ1) is 14.3. The van der Waals surface area contributed by atoms with Crippen molar-refractivity contribution >= 4 is 28.9 Å². The molecule has 0 atom stereocenters. The van der Waals surface area contributed by atoms with E-state index in [1.165, 1.54) is 5.56 Å². The van der Waals surface area contributed by atoms with Crippen LogP contribution in [0.1, 0.15) is 33.3 Å². The van der Waals surface area contributed by atoms with Gasteiger partial charge in [0.05, 0.1) is 16.4 Å². The highest BCUT2D eigenvalue weighted by molar-refractivity contribution is 6.34. The standard InChI is InChI=1S/C24H32ClN3O2/c1-5-27-13-15-28(16-14-27)23-20(25)7-6-8-21(23)26-22(29)17-30-19-11-9-18(10-12-19)24(2,3)4/h6-12H,5,13-17H2,1-4H3,(H,26,29). The largest absolute Gasteiger partial charge is 0.484 e. The van der Waals surface area contributed by atoms with E-state index in [0.717, 1.165) is 44.1 Å². The van der Waals surface area contributed by atoms with Crippen molar-refractivity contribution in [2.45, 2.75) is 33.1 Å². The molecule has 162 valence electrons. The van der Waals surface area contributed by atoms with Gasteiger partial charge in [-0.25, -0.2) is 0 Å². The minimum Gasteiger partial charge on any atom is -0.484 e. The average Bonchev–Trinajstić information content (AvgIpc) is 2.72. The molecule has 2 aromatic rings. The van der Waals surface area contributed by atoms with Crippen LogP contribution in [0, 0.1) is 0 Å². The highest BCUT2D eigenvalue weighted by Gasteiger charge is 2.21. The van der Waals surface area contributed by atoms with Crippen molar-refractivity contribution in [1.82, 2.24) is 4.90 Å². The Morgan fingerprint density at radius 2 is 1.73 bits per heavy atom. The van der Waals surface area contributed by atoms with Crippen LogP contribution in [0.2, 0.25) is 5.02 Å². The lowest BCUT2D eigenvalue weighted by Gasteiger charge is -2.36. The lowest BCUT2D eigenvalue weighted by Crippen LogP contribution is -2.46. The first-order valence-corrected chi connectivity index (χ1v) is 10.9. The molecule has 1 heterocycles. The summed E-state index contributed by atoms with van der Waals surface area (Å²) >= 11 is 6.50. The van der Waals surface area contributed by atoms with Crippen LogP contribution in [0.25, 0.3) is 0 Å². The van der Waals surface area contributed by atoms with E-state index in [1.807, 2.05) is 42.5 Å². The van der Waals surface area contributed by atoms with Crippen LogP contribution < -0.4 is 15.0 Å². The van der Waals surface area contributed by atoms with Gasteiger partial charge in [-0.1, -0.05) is 57.5 Å². The van der Waals surface area contributed by atoms with Crippen molar-refractivity contribution in [3.8, 4) is 5.75 Å². The van der Waals surface area contributed by atoms with Gasteiger partial charge in [0, 0.05) is 26.2 Å². The molecule has 1 saturated heterocycles. The molecule has 6 heteroatoms. The molecule has 0 aromatic heterocycles. The van der Waals surface area contributed by atoms with Gasteiger partial charge < -0.3 is 19.9 Å². The zero-order chi connectivity index (χ0) is 21.7. The number of nitrogens with one attached hydrogen (secondary N) is 1. The number of anilines is 2. The Bertz CT molecular complexity index is 854. The second-order valence-corrected chi connectivity index (χ2v) is 9.08. The highest BCUT2D eigenvalue weighted by Crippen LogP contribution is 2.34. The second-order valence-electron chi connectivity index (χ2n) is 8.67. The van der Waals surface area contributed by atoms with Gasteiger partial charge in [-0.3, -0.25) is 4.79 Å². The lowest BCUT2D eigenvalue weighted by atomic mass is 9.87. The topological polar surface area (TPSA) is 44.8 Å². The number of rotatable bonds is 6. The van der Waals surface area contributed by atoms with E-state index in [2.05, 4.69) is 42.8 Å². The van der Waals surface area contributed by atoms with Gasteiger partial charge in [0.25, 0.3) is 5.91 Å². The van der Waals surface area contributed by atoms with Crippen molar-refractivity contribution in [3.63, 3.8) is 0 Å². The Kier molecular flexibility index (Phi) is 7.27. The molecule has 1 aliphatic heterocycles. The summed E-state index contributed by atoms with van der Waals surface area (Å²) in [5, 5.41) is 3.63. The maximum atomic E-state index is 12.6. The van der Waals surface area contributed by atoms with E-state index in [4.69, 9.17) is 16.3 Å². The van der Waals surface area contributed by atoms with Crippen LogP contribution in [0.4, 0.5) is 11.4 Å². The monoisotopic (exact) mass is 429 g/mol. The molecular weight excluding hydrogens is 398 g/mol. The number of likely N-dealkylation sites (N-methyl/N-ethyl adjacent to an activating group) is 1. The third-order valence-electron chi connectivity index (χ3n) is 5.49. The van der Waals surface area contributed by atoms with E-state index >= 15 is 0 Å². The summed E-state index contributed by atoms with van der Waals surface area (Å²) in [6.45, 7) is 13.4. The van der Waals surface area contributed by atoms with E-state index in [0.29, 0.717) is 10.8 Å². The molecule has 0 spiro atoms. The van der Waals surface area contributed by atoms with Gasteiger partial charge in [-0.2, -0.15) is 0 Å². The first kappa shape index (κ1) is 22.4. The summed E-state index contributed by atoms with van der Waals surface area (Å²) in [4.78, 5) is 17.2. The lowest BCUT2D eigenvalue weighted by molar-refractivity contribution is -0.118. The Morgan fingerprint density at radius 1 is 1.07 bits per heavy atom. The van der Waals surface area contributed by atoms with Crippen LogP contribution in [-0.2, 0) is 10.2 Å². The van der Waals surface area contributed by atoms with Gasteiger partial charge in [0.15, 0.2) is 6.61 Å². The predicted molar refractivity (Wildman–Crippen MR) is 125 cm³/mol. The molecule has 2 aromatic carbocycles. The zero-order valence-electron chi connectivity index (χ0n) is 18.4. The minimum atomic E-state index is -0.203. The van der Waals surface area contributed by atoms with Crippen LogP contribution in [-0.4, -0.2) is 50.1 Å². The van der Waals surface area contributed by atoms with Crippen molar-refractivity contribution in [2.75, 3.05) is 49.5 Å². The predicted octanol–water partition coefficient (Wildman–Crippen LogP) is 4.80. The Morgan fingerprint density at radius 3 is 2.33 bits per heavy atom. The summed E-state index contributed by atoms with van der Waals surface area (Å²) in [7, 11) is 0. The summed E-state index contributed by atoms with van der Waals surface area (Å²) in [5.74, 6) is 0.478. The maximum Gasteiger partial charge on any atom is 0.262 e. The number of ether oxygens (including phenoxy) is 1. The number of benzene rings is 2. The number of nitrogens with zero attached hydrogens (tertiary/aromatic N) is 2. The fraction of sp³-hybridized carbons (Fsp3) is 0.458. The number of carbonyl (C=O) groups excluding carboxylic acids is 1. The number of para-hydroxylation sites is 1. The van der Waals surface area contributed by atoms with Crippen molar-refractivity contribution in [2.24, 2.45) is 0 Å².